The molecular formula is C34H49N3O3. The molecule has 4 rings (SSSR count). The minimum absolute atomic E-state index is 0.0352. The normalized spacial score (nSPS) is 17.8. The van der Waals surface area contributed by atoms with E-state index in [9.17, 15) is 9.59 Å². The number of piperidine rings is 1. The van der Waals surface area contributed by atoms with Gasteiger partial charge in [-0.15, -0.1) is 0 Å². The lowest BCUT2D eigenvalue weighted by Crippen LogP contribution is -2.55. The number of likely N-dealkylation sites (tertiary alicyclic amines) is 1. The molecule has 6 nitrogen and oxygen atoms in total. The molecule has 2 atom stereocenters. The Balaban J connectivity index is 1.41. The summed E-state index contributed by atoms with van der Waals surface area (Å²) in [6.07, 6.45) is 10.8. The summed E-state index contributed by atoms with van der Waals surface area (Å²) in [5, 5.41) is 6.78. The quantitative estimate of drug-likeness (QED) is 0.328. The van der Waals surface area contributed by atoms with Crippen molar-refractivity contribution in [2.75, 3.05) is 19.6 Å². The average molecular weight is 548 g/mol. The SMILES string of the molecule is CC(C)C[C@H](NCC1CCCCC1)C(=O)N[C@H](Cc1ccc(OCc2ccccc2)cc1)C(=O)N1CCCCC1. The summed E-state index contributed by atoms with van der Waals surface area (Å²) >= 11 is 0. The summed E-state index contributed by atoms with van der Waals surface area (Å²) in [6.45, 7) is 7.23. The molecule has 2 aromatic rings. The fourth-order valence-electron chi connectivity index (χ4n) is 5.96. The number of nitrogens with one attached hydrogen (secondary N) is 2. The molecule has 1 saturated carbocycles. The lowest BCUT2D eigenvalue weighted by atomic mass is 9.89. The van der Waals surface area contributed by atoms with Crippen LogP contribution >= 0.6 is 0 Å². The molecule has 1 aliphatic carbocycles. The number of amides is 2. The summed E-state index contributed by atoms with van der Waals surface area (Å²) in [7, 11) is 0. The molecule has 0 bridgehead atoms. The van der Waals surface area contributed by atoms with Crippen LogP contribution in [-0.4, -0.2) is 48.4 Å². The van der Waals surface area contributed by atoms with Crippen LogP contribution < -0.4 is 15.4 Å². The Morgan fingerprint density at radius 2 is 1.52 bits per heavy atom. The van der Waals surface area contributed by atoms with Gasteiger partial charge in [-0.3, -0.25) is 9.59 Å². The Kier molecular flexibility index (Phi) is 11.9. The lowest BCUT2D eigenvalue weighted by Gasteiger charge is -2.32. The Labute approximate surface area is 241 Å². The summed E-state index contributed by atoms with van der Waals surface area (Å²) in [5.74, 6) is 1.80. The molecule has 2 amide bonds. The van der Waals surface area contributed by atoms with E-state index in [-0.39, 0.29) is 17.9 Å². The minimum atomic E-state index is -0.576. The molecule has 2 N–H and O–H groups in total. The van der Waals surface area contributed by atoms with E-state index in [2.05, 4.69) is 24.5 Å². The van der Waals surface area contributed by atoms with Gasteiger partial charge in [0.2, 0.25) is 11.8 Å². The van der Waals surface area contributed by atoms with Crippen molar-refractivity contribution in [2.24, 2.45) is 11.8 Å². The fourth-order valence-corrected chi connectivity index (χ4v) is 5.96. The van der Waals surface area contributed by atoms with Gasteiger partial charge < -0.3 is 20.3 Å². The molecule has 40 heavy (non-hydrogen) atoms. The maximum Gasteiger partial charge on any atom is 0.245 e. The highest BCUT2D eigenvalue weighted by Crippen LogP contribution is 2.23. The summed E-state index contributed by atoms with van der Waals surface area (Å²) < 4.78 is 5.95. The number of nitrogens with zero attached hydrogens (tertiary/aromatic N) is 1. The van der Waals surface area contributed by atoms with Gasteiger partial charge in [-0.1, -0.05) is 75.6 Å². The third-order valence-electron chi connectivity index (χ3n) is 8.30. The van der Waals surface area contributed by atoms with E-state index in [1.807, 2.05) is 59.5 Å². The van der Waals surface area contributed by atoms with Gasteiger partial charge in [0.25, 0.3) is 0 Å². The molecule has 1 saturated heterocycles. The highest BCUT2D eigenvalue weighted by atomic mass is 16.5. The van der Waals surface area contributed by atoms with Gasteiger partial charge >= 0.3 is 0 Å². The van der Waals surface area contributed by atoms with E-state index in [0.717, 1.165) is 62.2 Å². The zero-order chi connectivity index (χ0) is 28.2. The highest BCUT2D eigenvalue weighted by Gasteiger charge is 2.30. The second kappa shape index (κ2) is 15.8. The molecule has 218 valence electrons. The van der Waals surface area contributed by atoms with Crippen LogP contribution in [0.25, 0.3) is 0 Å². The highest BCUT2D eigenvalue weighted by molar-refractivity contribution is 5.90. The van der Waals surface area contributed by atoms with Crippen LogP contribution in [0.4, 0.5) is 0 Å². The van der Waals surface area contributed by atoms with Crippen LogP contribution in [0.2, 0.25) is 0 Å². The molecule has 2 aromatic carbocycles. The Bertz CT molecular complexity index is 1030. The van der Waals surface area contributed by atoms with Gasteiger partial charge in [-0.2, -0.15) is 0 Å². The van der Waals surface area contributed by atoms with Crippen molar-refractivity contribution in [3.05, 3.63) is 65.7 Å². The maximum atomic E-state index is 13.7. The first-order valence-electron chi connectivity index (χ1n) is 15.6. The first-order chi connectivity index (χ1) is 19.5. The van der Waals surface area contributed by atoms with E-state index < -0.39 is 6.04 Å². The number of hydrogen-bond acceptors (Lipinski definition) is 4. The third-order valence-corrected chi connectivity index (χ3v) is 8.30. The van der Waals surface area contributed by atoms with E-state index in [0.29, 0.717) is 24.9 Å². The second-order valence-electron chi connectivity index (χ2n) is 12.2. The maximum absolute atomic E-state index is 13.7. The van der Waals surface area contributed by atoms with Gasteiger partial charge in [0.15, 0.2) is 0 Å². The molecule has 0 radical (unpaired) electrons. The van der Waals surface area contributed by atoms with Gasteiger partial charge in [0.1, 0.15) is 18.4 Å². The Morgan fingerprint density at radius 1 is 0.850 bits per heavy atom. The third kappa shape index (κ3) is 9.65. The molecule has 6 heteroatoms. The molecule has 0 aromatic heterocycles. The van der Waals surface area contributed by atoms with Gasteiger partial charge in [-0.25, -0.2) is 0 Å². The Hall–Kier alpha value is -2.86. The van der Waals surface area contributed by atoms with Crippen LogP contribution in [0.3, 0.4) is 0 Å². The standard InChI is InChI=1S/C34H49N3O3/c1-26(2)22-31(35-24-28-12-6-3-7-13-28)33(38)36-32(34(39)37-20-10-5-11-21-37)23-27-16-18-30(19-17-27)40-25-29-14-8-4-9-15-29/h4,8-9,14-19,26,28,31-32,35H,3,5-7,10-13,20-25H2,1-2H3,(H,36,38)/t31-,32+/m0/s1. The number of ether oxygens (including phenoxy) is 1. The van der Waals surface area contributed by atoms with Gasteiger partial charge in [0, 0.05) is 19.5 Å². The monoisotopic (exact) mass is 547 g/mol. The molecule has 0 spiro atoms. The van der Waals surface area contributed by atoms with Crippen LogP contribution in [0.5, 0.6) is 5.75 Å². The van der Waals surface area contributed by atoms with Crippen LogP contribution in [0, 0.1) is 11.8 Å². The zero-order valence-corrected chi connectivity index (χ0v) is 24.6. The first kappa shape index (κ1) is 30.1. The smallest absolute Gasteiger partial charge is 0.245 e. The van der Waals surface area contributed by atoms with E-state index in [1.165, 1.54) is 32.1 Å². The summed E-state index contributed by atoms with van der Waals surface area (Å²) in [4.78, 5) is 29.3. The van der Waals surface area contributed by atoms with Crippen molar-refractivity contribution < 1.29 is 14.3 Å². The van der Waals surface area contributed by atoms with Crippen molar-refractivity contribution in [1.82, 2.24) is 15.5 Å². The summed E-state index contributed by atoms with van der Waals surface area (Å²) in [6, 6.07) is 17.2. The second-order valence-corrected chi connectivity index (χ2v) is 12.2. The number of carbonyl (C=O) groups is 2. The molecule has 2 aliphatic rings. The lowest BCUT2D eigenvalue weighted by molar-refractivity contribution is -0.137. The van der Waals surface area contributed by atoms with Crippen LogP contribution in [0.1, 0.15) is 82.8 Å². The largest absolute Gasteiger partial charge is 0.489 e. The molecule has 1 aliphatic heterocycles. The van der Waals surface area contributed by atoms with Gasteiger partial charge in [0.05, 0.1) is 6.04 Å². The van der Waals surface area contributed by atoms with Gasteiger partial charge in [-0.05, 0) is 80.2 Å². The van der Waals surface area contributed by atoms with E-state index in [4.69, 9.17) is 4.74 Å². The van der Waals surface area contributed by atoms with Crippen molar-refractivity contribution >= 4 is 11.8 Å². The minimum Gasteiger partial charge on any atom is -0.489 e. The molecule has 2 fully saturated rings. The number of hydrogen-bond donors (Lipinski definition) is 2. The van der Waals surface area contributed by atoms with Crippen LogP contribution in [-0.2, 0) is 22.6 Å². The van der Waals surface area contributed by atoms with E-state index in [1.54, 1.807) is 0 Å². The topological polar surface area (TPSA) is 70.7 Å². The first-order valence-corrected chi connectivity index (χ1v) is 15.6. The number of benzene rings is 2. The molecule has 0 unspecified atom stereocenters. The van der Waals surface area contributed by atoms with E-state index >= 15 is 0 Å². The fraction of sp³-hybridized carbons (Fsp3) is 0.588. The van der Waals surface area contributed by atoms with Crippen molar-refractivity contribution in [1.29, 1.82) is 0 Å². The number of carbonyl (C=O) groups excluding carboxylic acids is 2. The molecule has 1 heterocycles. The van der Waals surface area contributed by atoms with Crippen molar-refractivity contribution in [2.45, 2.75) is 96.7 Å². The van der Waals surface area contributed by atoms with Crippen molar-refractivity contribution in [3.8, 4) is 5.75 Å². The predicted octanol–water partition coefficient (Wildman–Crippen LogP) is 5.89. The van der Waals surface area contributed by atoms with Crippen LogP contribution in [0.15, 0.2) is 54.6 Å². The zero-order valence-electron chi connectivity index (χ0n) is 24.6. The number of rotatable bonds is 13. The predicted molar refractivity (Wildman–Crippen MR) is 161 cm³/mol. The molecular weight excluding hydrogens is 498 g/mol. The average Bonchev–Trinajstić information content (AvgIpc) is 2.99. The van der Waals surface area contributed by atoms with Crippen molar-refractivity contribution in [3.63, 3.8) is 0 Å². The summed E-state index contributed by atoms with van der Waals surface area (Å²) in [5.41, 5.74) is 2.13. The Morgan fingerprint density at radius 3 is 2.20 bits per heavy atom.